The molecule has 3 rings (SSSR count). The molecule has 142 valence electrons. The third-order valence-corrected chi connectivity index (χ3v) is 5.28. The molecule has 0 aliphatic heterocycles. The molecule has 27 heavy (non-hydrogen) atoms. The summed E-state index contributed by atoms with van der Waals surface area (Å²) < 4.78 is 10.7. The fraction of sp³-hybridized carbons (Fsp3) is 0.263. The molecule has 0 unspecified atom stereocenters. The molecule has 1 fully saturated rings. The van der Waals surface area contributed by atoms with Crippen molar-refractivity contribution in [2.75, 3.05) is 7.11 Å². The first kappa shape index (κ1) is 19.5. The Bertz CT molecular complexity index is 888. The molecule has 2 atom stereocenters. The summed E-state index contributed by atoms with van der Waals surface area (Å²) in [6, 6.07) is 12.0. The van der Waals surface area contributed by atoms with Crippen LogP contribution in [0.1, 0.15) is 17.5 Å². The molecule has 2 aromatic carbocycles. The van der Waals surface area contributed by atoms with Gasteiger partial charge in [-0.25, -0.2) is 5.48 Å². The van der Waals surface area contributed by atoms with Crippen LogP contribution in [0.5, 0.6) is 5.75 Å². The maximum Gasteiger partial charge on any atom is 0.317 e. The van der Waals surface area contributed by atoms with E-state index in [9.17, 15) is 9.59 Å². The molecule has 2 N–H and O–H groups in total. The lowest BCUT2D eigenvalue weighted by Gasteiger charge is -2.16. The van der Waals surface area contributed by atoms with Gasteiger partial charge in [0.15, 0.2) is 0 Å². The number of ether oxygens (including phenoxy) is 2. The predicted octanol–water partition coefficient (Wildman–Crippen LogP) is 3.51. The fourth-order valence-corrected chi connectivity index (χ4v) is 3.63. The molecular weight excluding hydrogens is 393 g/mol. The average molecular weight is 410 g/mol. The van der Waals surface area contributed by atoms with Crippen LogP contribution in [0.25, 0.3) is 0 Å². The van der Waals surface area contributed by atoms with E-state index in [1.807, 2.05) is 0 Å². The highest BCUT2D eigenvalue weighted by Gasteiger charge is 2.65. The molecule has 2 aromatic rings. The first-order chi connectivity index (χ1) is 12.9. The Morgan fingerprint density at radius 1 is 1.26 bits per heavy atom. The van der Waals surface area contributed by atoms with Crippen molar-refractivity contribution >= 4 is 35.1 Å². The summed E-state index contributed by atoms with van der Waals surface area (Å²) in [7, 11) is 1.26. The Balaban J connectivity index is 1.82. The fourth-order valence-electron chi connectivity index (χ4n) is 3.17. The zero-order chi connectivity index (χ0) is 19.6. The second-order valence-electron chi connectivity index (χ2n) is 6.25. The molecule has 1 saturated carbocycles. The lowest BCUT2D eigenvalue weighted by atomic mass is 9.92. The first-order valence-corrected chi connectivity index (χ1v) is 8.87. The van der Waals surface area contributed by atoms with Crippen LogP contribution in [0, 0.1) is 5.92 Å². The summed E-state index contributed by atoms with van der Waals surface area (Å²) in [5.74, 6) is -1.35. The summed E-state index contributed by atoms with van der Waals surface area (Å²) >= 11 is 12.0. The van der Waals surface area contributed by atoms with E-state index in [1.165, 1.54) is 7.11 Å². The summed E-state index contributed by atoms with van der Waals surface area (Å²) in [4.78, 5) is 24.2. The quantitative estimate of drug-likeness (QED) is 0.433. The number of rotatable bonds is 6. The number of carbonyl (C=O) groups is 2. The molecular formula is C19H17Cl2NO5. The van der Waals surface area contributed by atoms with Crippen LogP contribution in [0.4, 0.5) is 0 Å². The number of methoxy groups -OCH3 is 1. The highest BCUT2D eigenvalue weighted by Crippen LogP contribution is 2.55. The molecule has 0 aromatic heterocycles. The average Bonchev–Trinajstić information content (AvgIpc) is 3.43. The normalized spacial score (nSPS) is 20.7. The molecule has 8 heteroatoms. The predicted molar refractivity (Wildman–Crippen MR) is 99.0 cm³/mol. The minimum Gasteiger partial charge on any atom is -0.489 e. The van der Waals surface area contributed by atoms with Crippen molar-refractivity contribution in [1.82, 2.24) is 5.48 Å². The number of amides is 1. The maximum absolute atomic E-state index is 12.3. The number of benzene rings is 2. The summed E-state index contributed by atoms with van der Waals surface area (Å²) in [5, 5.41) is 9.92. The monoisotopic (exact) mass is 409 g/mol. The molecule has 0 spiro atoms. The van der Waals surface area contributed by atoms with Crippen LogP contribution in [-0.2, 0) is 26.3 Å². The molecule has 1 aliphatic carbocycles. The van der Waals surface area contributed by atoms with Gasteiger partial charge in [-0.1, -0.05) is 41.4 Å². The number of esters is 1. The van der Waals surface area contributed by atoms with Gasteiger partial charge in [-0.3, -0.25) is 14.8 Å². The van der Waals surface area contributed by atoms with E-state index in [0.29, 0.717) is 21.4 Å². The molecule has 1 aliphatic rings. The van der Waals surface area contributed by atoms with Crippen molar-refractivity contribution in [3.05, 3.63) is 63.6 Å². The minimum absolute atomic E-state index is 0.214. The van der Waals surface area contributed by atoms with Crippen molar-refractivity contribution in [3.8, 4) is 5.75 Å². The number of nitrogens with one attached hydrogen (secondary N) is 1. The van der Waals surface area contributed by atoms with Gasteiger partial charge in [-0.05, 0) is 36.2 Å². The van der Waals surface area contributed by atoms with Crippen LogP contribution in [0.3, 0.4) is 0 Å². The van der Waals surface area contributed by atoms with Crippen LogP contribution < -0.4 is 10.2 Å². The smallest absolute Gasteiger partial charge is 0.317 e. The van der Waals surface area contributed by atoms with Gasteiger partial charge < -0.3 is 9.47 Å². The van der Waals surface area contributed by atoms with E-state index in [1.54, 1.807) is 47.9 Å². The Morgan fingerprint density at radius 2 is 2.04 bits per heavy atom. The van der Waals surface area contributed by atoms with Gasteiger partial charge in [-0.15, -0.1) is 0 Å². The first-order valence-electron chi connectivity index (χ1n) is 8.12. The van der Waals surface area contributed by atoms with E-state index in [4.69, 9.17) is 37.9 Å². The van der Waals surface area contributed by atoms with Crippen LogP contribution in [-0.4, -0.2) is 24.2 Å². The number of hydroxylamine groups is 1. The van der Waals surface area contributed by atoms with E-state index < -0.39 is 23.2 Å². The van der Waals surface area contributed by atoms with Gasteiger partial charge in [0.2, 0.25) is 5.91 Å². The van der Waals surface area contributed by atoms with E-state index in [-0.39, 0.29) is 13.0 Å². The van der Waals surface area contributed by atoms with Gasteiger partial charge in [0, 0.05) is 15.6 Å². The van der Waals surface area contributed by atoms with Gasteiger partial charge in [-0.2, -0.15) is 0 Å². The third-order valence-electron chi connectivity index (χ3n) is 4.70. The maximum atomic E-state index is 12.3. The number of carbonyl (C=O) groups excluding carboxylic acids is 2. The van der Waals surface area contributed by atoms with Crippen molar-refractivity contribution < 1.29 is 24.3 Å². The Morgan fingerprint density at radius 3 is 2.70 bits per heavy atom. The lowest BCUT2D eigenvalue weighted by molar-refractivity contribution is -0.146. The Kier molecular flexibility index (Phi) is 5.60. The molecule has 1 amide bonds. The molecule has 0 bridgehead atoms. The SMILES string of the molecule is COC(=O)[C@@]1(c2cccc(OCc3ccc(Cl)cc3Cl)c2)C[C@@H]1C(=O)NO. The standard InChI is InChI=1S/C19H17Cl2NO5/c1-26-18(24)19(9-15(19)17(23)22-25)12-3-2-4-14(7-12)27-10-11-5-6-13(20)8-16(11)21/h2-8,15,25H,9-10H2,1H3,(H,22,23)/t15-,19-/m1/s1. The number of hydrogen-bond acceptors (Lipinski definition) is 5. The van der Waals surface area contributed by atoms with Crippen LogP contribution >= 0.6 is 23.2 Å². The molecule has 0 radical (unpaired) electrons. The zero-order valence-electron chi connectivity index (χ0n) is 14.4. The molecule has 0 heterocycles. The Hall–Kier alpha value is -2.28. The molecule has 6 nitrogen and oxygen atoms in total. The second-order valence-corrected chi connectivity index (χ2v) is 7.09. The van der Waals surface area contributed by atoms with Crippen molar-refractivity contribution in [3.63, 3.8) is 0 Å². The molecule has 0 saturated heterocycles. The van der Waals surface area contributed by atoms with E-state index in [2.05, 4.69) is 0 Å². The zero-order valence-corrected chi connectivity index (χ0v) is 15.9. The van der Waals surface area contributed by atoms with Crippen molar-refractivity contribution in [1.29, 1.82) is 0 Å². The van der Waals surface area contributed by atoms with Crippen molar-refractivity contribution in [2.45, 2.75) is 18.4 Å². The van der Waals surface area contributed by atoms with Crippen LogP contribution in [0.15, 0.2) is 42.5 Å². The number of halogens is 2. The third kappa shape index (κ3) is 3.74. The minimum atomic E-state index is -1.13. The van der Waals surface area contributed by atoms with Crippen LogP contribution in [0.2, 0.25) is 10.0 Å². The highest BCUT2D eigenvalue weighted by molar-refractivity contribution is 6.35. The van der Waals surface area contributed by atoms with E-state index in [0.717, 1.165) is 5.56 Å². The lowest BCUT2D eigenvalue weighted by Crippen LogP contribution is -2.31. The summed E-state index contributed by atoms with van der Waals surface area (Å²) in [5.41, 5.74) is 1.82. The van der Waals surface area contributed by atoms with Crippen molar-refractivity contribution in [2.24, 2.45) is 5.92 Å². The second kappa shape index (κ2) is 7.76. The highest BCUT2D eigenvalue weighted by atomic mass is 35.5. The largest absolute Gasteiger partial charge is 0.489 e. The van der Waals surface area contributed by atoms with E-state index >= 15 is 0 Å². The van der Waals surface area contributed by atoms with Gasteiger partial charge in [0.25, 0.3) is 0 Å². The summed E-state index contributed by atoms with van der Waals surface area (Å²) in [6.07, 6.45) is 0.249. The number of hydrogen-bond donors (Lipinski definition) is 2. The topological polar surface area (TPSA) is 84.9 Å². The summed E-state index contributed by atoms with van der Waals surface area (Å²) in [6.45, 7) is 0.214. The Labute approximate surface area is 165 Å². The van der Waals surface area contributed by atoms with Gasteiger partial charge in [0.05, 0.1) is 13.0 Å². The van der Waals surface area contributed by atoms with Gasteiger partial charge in [0.1, 0.15) is 17.8 Å². The van der Waals surface area contributed by atoms with Gasteiger partial charge >= 0.3 is 5.97 Å².